The van der Waals surface area contributed by atoms with Gasteiger partial charge in [-0.15, -0.1) is 0 Å². The van der Waals surface area contributed by atoms with E-state index in [-0.39, 0.29) is 0 Å². The van der Waals surface area contributed by atoms with E-state index in [2.05, 4.69) is 10.00 Å². The van der Waals surface area contributed by atoms with Crippen LogP contribution in [-0.4, -0.2) is 50.2 Å². The number of rotatable bonds is 2. The number of aliphatic hydroxyl groups is 2. The minimum atomic E-state index is -0.568. The Morgan fingerprint density at radius 2 is 1.83 bits per heavy atom. The lowest BCUT2D eigenvalue weighted by molar-refractivity contribution is -0.0372. The largest absolute Gasteiger partial charge is 0.390 e. The molecule has 2 fully saturated rings. The highest BCUT2D eigenvalue weighted by Crippen LogP contribution is 2.37. The van der Waals surface area contributed by atoms with Crippen molar-refractivity contribution in [3.63, 3.8) is 0 Å². The number of hydrogen-bond donors (Lipinski definition) is 2. The van der Waals surface area contributed by atoms with Crippen molar-refractivity contribution in [2.24, 2.45) is 18.9 Å². The maximum absolute atomic E-state index is 9.88. The maximum Gasteiger partial charge on any atom is 0.0858 e. The molecule has 0 amide bonds. The topological polar surface area (TPSA) is 61.5 Å². The highest BCUT2D eigenvalue weighted by Gasteiger charge is 2.41. The summed E-state index contributed by atoms with van der Waals surface area (Å²) in [7, 11) is 1.94. The molecule has 2 aliphatic rings. The van der Waals surface area contributed by atoms with E-state index in [9.17, 15) is 10.2 Å². The van der Waals surface area contributed by atoms with E-state index in [0.717, 1.165) is 41.3 Å². The number of aryl methyl sites for hydroxylation is 1. The van der Waals surface area contributed by atoms with Crippen LogP contribution in [0.25, 0.3) is 10.9 Å². The Morgan fingerprint density at radius 1 is 1.17 bits per heavy atom. The Kier molecular flexibility index (Phi) is 3.84. The molecule has 6 heteroatoms. The lowest BCUT2D eigenvalue weighted by Gasteiger charge is -2.32. The lowest BCUT2D eigenvalue weighted by Crippen LogP contribution is -2.38. The minimum absolute atomic E-state index is 0.471. The first-order chi connectivity index (χ1) is 11.0. The van der Waals surface area contributed by atoms with Gasteiger partial charge in [0.1, 0.15) is 0 Å². The molecule has 1 saturated heterocycles. The Morgan fingerprint density at radius 3 is 2.48 bits per heavy atom. The number of likely N-dealkylation sites (tertiary alicyclic amines) is 1. The third-order valence-electron chi connectivity index (χ3n) is 5.46. The molecule has 2 aromatic rings. The molecule has 1 saturated carbocycles. The highest BCUT2D eigenvalue weighted by molar-refractivity contribution is 6.35. The first-order valence-corrected chi connectivity index (χ1v) is 8.59. The zero-order chi connectivity index (χ0) is 16.1. The van der Waals surface area contributed by atoms with Crippen molar-refractivity contribution in [3.8, 4) is 0 Å². The number of aliphatic hydroxyl groups excluding tert-OH is 2. The van der Waals surface area contributed by atoms with Crippen molar-refractivity contribution in [1.29, 1.82) is 0 Å². The van der Waals surface area contributed by atoms with Crippen molar-refractivity contribution in [1.82, 2.24) is 14.7 Å². The Balaban J connectivity index is 1.56. The van der Waals surface area contributed by atoms with Crippen molar-refractivity contribution in [2.75, 3.05) is 13.1 Å². The van der Waals surface area contributed by atoms with Crippen molar-refractivity contribution >= 4 is 22.5 Å². The van der Waals surface area contributed by atoms with Crippen LogP contribution in [0.2, 0.25) is 5.02 Å². The monoisotopic (exact) mass is 335 g/mol. The molecule has 0 unspecified atom stereocenters. The molecule has 1 aliphatic carbocycles. The van der Waals surface area contributed by atoms with Crippen LogP contribution in [0.1, 0.15) is 18.5 Å². The molecular formula is C17H22ClN3O2. The third-order valence-corrected chi connectivity index (χ3v) is 5.77. The lowest BCUT2D eigenvalue weighted by atomic mass is 9.79. The number of fused-ring (bicyclic) bond motifs is 2. The molecule has 0 radical (unpaired) electrons. The summed E-state index contributed by atoms with van der Waals surface area (Å²) < 4.78 is 1.88. The molecule has 2 N–H and O–H groups in total. The highest BCUT2D eigenvalue weighted by atomic mass is 35.5. The maximum atomic E-state index is 9.88. The quantitative estimate of drug-likeness (QED) is 0.878. The second kappa shape index (κ2) is 5.74. The molecule has 1 aromatic heterocycles. The normalized spacial score (nSPS) is 31.7. The van der Waals surface area contributed by atoms with E-state index in [0.29, 0.717) is 24.7 Å². The fourth-order valence-corrected chi connectivity index (χ4v) is 4.59. The average molecular weight is 336 g/mol. The molecule has 124 valence electrons. The van der Waals surface area contributed by atoms with Gasteiger partial charge in [-0.3, -0.25) is 9.58 Å². The van der Waals surface area contributed by atoms with Crippen molar-refractivity contribution < 1.29 is 10.2 Å². The molecule has 5 nitrogen and oxygen atoms in total. The van der Waals surface area contributed by atoms with Gasteiger partial charge in [-0.1, -0.05) is 17.7 Å². The summed E-state index contributed by atoms with van der Waals surface area (Å²) in [5.41, 5.74) is 2.06. The fourth-order valence-electron chi connectivity index (χ4n) is 4.31. The minimum Gasteiger partial charge on any atom is -0.390 e. The van der Waals surface area contributed by atoms with Crippen LogP contribution < -0.4 is 0 Å². The summed E-state index contributed by atoms with van der Waals surface area (Å²) in [5, 5.41) is 26.2. The van der Waals surface area contributed by atoms with Crippen LogP contribution in [-0.2, 0) is 13.6 Å². The summed E-state index contributed by atoms with van der Waals surface area (Å²) in [6, 6.07) is 5.89. The molecule has 4 atom stereocenters. The van der Waals surface area contributed by atoms with E-state index >= 15 is 0 Å². The van der Waals surface area contributed by atoms with Crippen molar-refractivity contribution in [2.45, 2.75) is 31.6 Å². The first-order valence-electron chi connectivity index (χ1n) is 8.21. The van der Waals surface area contributed by atoms with Gasteiger partial charge in [0.25, 0.3) is 0 Å². The molecule has 0 bridgehead atoms. The molecule has 4 rings (SSSR count). The predicted molar refractivity (Wildman–Crippen MR) is 89.2 cm³/mol. The zero-order valence-corrected chi connectivity index (χ0v) is 13.9. The van der Waals surface area contributed by atoms with Gasteiger partial charge in [0, 0.05) is 32.1 Å². The van der Waals surface area contributed by atoms with Gasteiger partial charge in [0.2, 0.25) is 0 Å². The molecule has 1 aromatic carbocycles. The van der Waals surface area contributed by atoms with E-state index in [4.69, 9.17) is 11.6 Å². The molecule has 0 spiro atoms. The second-order valence-electron chi connectivity index (χ2n) is 7.02. The summed E-state index contributed by atoms with van der Waals surface area (Å²) in [6.45, 7) is 2.67. The molecule has 1 aliphatic heterocycles. The number of aromatic nitrogens is 2. The van der Waals surface area contributed by atoms with E-state index in [1.54, 1.807) is 0 Å². The number of halogens is 1. The first kappa shape index (κ1) is 15.4. The molecule has 23 heavy (non-hydrogen) atoms. The third kappa shape index (κ3) is 2.66. The van der Waals surface area contributed by atoms with Crippen LogP contribution in [0.15, 0.2) is 18.2 Å². The van der Waals surface area contributed by atoms with E-state index in [1.165, 1.54) is 0 Å². The standard InChI is InChI=1S/C17H22ClN3O2/c1-20-14-4-2-3-12(18)17(14)13(19-20)9-21-7-10-5-15(22)16(23)6-11(10)8-21/h2-4,10-11,15-16,22-23H,5-9H2,1H3/t10-,11+,15-,16-/m0/s1. The smallest absolute Gasteiger partial charge is 0.0858 e. The van der Waals surface area contributed by atoms with Gasteiger partial charge >= 0.3 is 0 Å². The zero-order valence-electron chi connectivity index (χ0n) is 13.2. The molecule has 2 heterocycles. The van der Waals surface area contributed by atoms with E-state index in [1.807, 2.05) is 29.9 Å². The fraction of sp³-hybridized carbons (Fsp3) is 0.588. The van der Waals surface area contributed by atoms with Gasteiger partial charge in [0.15, 0.2) is 0 Å². The summed E-state index contributed by atoms with van der Waals surface area (Å²) in [6.07, 6.45) is 0.264. The SMILES string of the molecule is Cn1nc(CN2C[C@H]3C[C@H](O)[C@@H](O)C[C@H]3C2)c2c(Cl)cccc21. The number of hydrogen-bond acceptors (Lipinski definition) is 4. The Hall–Kier alpha value is -1.14. The average Bonchev–Trinajstić information content (AvgIpc) is 3.02. The number of benzene rings is 1. The summed E-state index contributed by atoms with van der Waals surface area (Å²) >= 11 is 6.38. The van der Waals surface area contributed by atoms with Crippen LogP contribution in [0.5, 0.6) is 0 Å². The van der Waals surface area contributed by atoms with Crippen LogP contribution in [0, 0.1) is 11.8 Å². The van der Waals surface area contributed by atoms with Gasteiger partial charge < -0.3 is 10.2 Å². The van der Waals surface area contributed by atoms with Crippen LogP contribution in [0.3, 0.4) is 0 Å². The van der Waals surface area contributed by atoms with Gasteiger partial charge in [-0.2, -0.15) is 5.10 Å². The summed E-state index contributed by atoms with van der Waals surface area (Å²) in [4.78, 5) is 2.38. The predicted octanol–water partition coefficient (Wildman–Crippen LogP) is 1.79. The van der Waals surface area contributed by atoms with Gasteiger partial charge in [-0.05, 0) is 36.8 Å². The van der Waals surface area contributed by atoms with E-state index < -0.39 is 12.2 Å². The molecular weight excluding hydrogens is 314 g/mol. The van der Waals surface area contributed by atoms with Crippen LogP contribution in [0.4, 0.5) is 0 Å². The number of nitrogens with zero attached hydrogens (tertiary/aromatic N) is 3. The van der Waals surface area contributed by atoms with Gasteiger partial charge in [0.05, 0.1) is 28.4 Å². The Labute approximate surface area is 140 Å². The van der Waals surface area contributed by atoms with Crippen LogP contribution >= 0.6 is 11.6 Å². The second-order valence-corrected chi connectivity index (χ2v) is 7.43. The Bertz CT molecular complexity index is 714. The van der Waals surface area contributed by atoms with Gasteiger partial charge in [-0.25, -0.2) is 0 Å². The van der Waals surface area contributed by atoms with Crippen molar-refractivity contribution in [3.05, 3.63) is 28.9 Å². The summed E-state index contributed by atoms with van der Waals surface area (Å²) in [5.74, 6) is 0.942.